The normalized spacial score (nSPS) is 14.9. The molecule has 11 N–H and O–H groups in total. The van der Waals surface area contributed by atoms with E-state index in [4.69, 9.17) is 11.5 Å². The zero-order valence-electron chi connectivity index (χ0n) is 34.7. The fraction of sp³-hybridized carbons (Fsp3) is 0.675. The van der Waals surface area contributed by atoms with Crippen molar-refractivity contribution in [3.05, 3.63) is 35.9 Å². The summed E-state index contributed by atoms with van der Waals surface area (Å²) >= 11 is 1.54. The summed E-state index contributed by atoms with van der Waals surface area (Å²) in [7, 11) is 0. The predicted octanol–water partition coefficient (Wildman–Crippen LogP) is 1.20. The molecular formula is C40H68N8O8S. The topological polar surface area (TPSA) is 264 Å². The minimum absolute atomic E-state index is 0.0491. The SMILES string of the molecule is CC[C@H](C)[C@H](NC(=O)[C@H](CC(C)C)NC(=O)[C@H](CCCCN)NC(=O)[C@H](CC(C)C)NC(=O)[C@H](Cc1ccccc1)NC(=O)CNC(=O)[C@@H](N)CCSC)C(=O)O. The molecule has 0 fully saturated rings. The molecule has 6 amide bonds. The molecule has 1 rings (SSSR count). The lowest BCUT2D eigenvalue weighted by Gasteiger charge is -2.28. The first-order chi connectivity index (χ1) is 26.9. The molecule has 0 aliphatic rings. The quantitative estimate of drug-likeness (QED) is 0.0543. The third-order valence-electron chi connectivity index (χ3n) is 9.36. The number of carbonyl (C=O) groups excluding carboxylic acids is 6. The van der Waals surface area contributed by atoms with Crippen LogP contribution in [0.4, 0.5) is 0 Å². The van der Waals surface area contributed by atoms with Gasteiger partial charge in [-0.25, -0.2) is 4.79 Å². The Morgan fingerprint density at radius 1 is 0.702 bits per heavy atom. The Bertz CT molecular complexity index is 1430. The van der Waals surface area contributed by atoms with Gasteiger partial charge in [0.25, 0.3) is 0 Å². The molecule has 57 heavy (non-hydrogen) atoms. The number of hydrogen-bond acceptors (Lipinski definition) is 10. The Morgan fingerprint density at radius 3 is 1.74 bits per heavy atom. The second-order valence-corrected chi connectivity index (χ2v) is 16.3. The number of aliphatic carboxylic acids is 1. The largest absolute Gasteiger partial charge is 0.480 e. The molecule has 0 saturated heterocycles. The number of unbranched alkanes of at least 4 members (excludes halogenated alkanes) is 1. The highest BCUT2D eigenvalue weighted by Crippen LogP contribution is 2.13. The van der Waals surface area contributed by atoms with Crippen molar-refractivity contribution >= 4 is 53.2 Å². The van der Waals surface area contributed by atoms with Crippen LogP contribution in [0.5, 0.6) is 0 Å². The van der Waals surface area contributed by atoms with Gasteiger partial charge < -0.3 is 48.5 Å². The maximum atomic E-state index is 14.0. The Labute approximate surface area is 342 Å². The zero-order chi connectivity index (χ0) is 43.1. The maximum Gasteiger partial charge on any atom is 0.326 e. The lowest BCUT2D eigenvalue weighted by Crippen LogP contribution is -2.59. The molecule has 1 aromatic carbocycles. The van der Waals surface area contributed by atoms with E-state index >= 15 is 0 Å². The minimum atomic E-state index is -1.18. The van der Waals surface area contributed by atoms with E-state index in [9.17, 15) is 38.7 Å². The van der Waals surface area contributed by atoms with E-state index < -0.39 is 84.2 Å². The van der Waals surface area contributed by atoms with Crippen LogP contribution >= 0.6 is 11.8 Å². The number of thioether (sulfide) groups is 1. The van der Waals surface area contributed by atoms with E-state index in [1.165, 1.54) is 0 Å². The number of nitrogens with one attached hydrogen (secondary N) is 6. The van der Waals surface area contributed by atoms with Crippen LogP contribution in [-0.2, 0) is 40.0 Å². The predicted molar refractivity (Wildman–Crippen MR) is 223 cm³/mol. The molecule has 0 aliphatic carbocycles. The third-order valence-corrected chi connectivity index (χ3v) is 10.0. The van der Waals surface area contributed by atoms with Gasteiger partial charge in [-0.1, -0.05) is 78.3 Å². The lowest BCUT2D eigenvalue weighted by atomic mass is 9.97. The number of benzene rings is 1. The molecule has 0 aliphatic heterocycles. The molecule has 0 saturated carbocycles. The molecule has 7 atom stereocenters. The number of rotatable bonds is 28. The average molecular weight is 821 g/mol. The van der Waals surface area contributed by atoms with Crippen LogP contribution in [0.25, 0.3) is 0 Å². The molecule has 0 aromatic heterocycles. The van der Waals surface area contributed by atoms with Crippen molar-refractivity contribution in [1.29, 1.82) is 0 Å². The fourth-order valence-corrected chi connectivity index (χ4v) is 6.39. The Balaban J connectivity index is 3.30. The second-order valence-electron chi connectivity index (χ2n) is 15.4. The Hall–Kier alpha value is -4.22. The monoisotopic (exact) mass is 820 g/mol. The first kappa shape index (κ1) is 50.8. The summed E-state index contributed by atoms with van der Waals surface area (Å²) in [5, 5.41) is 25.8. The summed E-state index contributed by atoms with van der Waals surface area (Å²) in [5.74, 6) is -4.70. The summed E-state index contributed by atoms with van der Waals surface area (Å²) < 4.78 is 0. The van der Waals surface area contributed by atoms with Gasteiger partial charge in [0.2, 0.25) is 35.4 Å². The van der Waals surface area contributed by atoms with Crippen molar-refractivity contribution < 1.29 is 38.7 Å². The van der Waals surface area contributed by atoms with E-state index in [2.05, 4.69) is 31.9 Å². The average Bonchev–Trinajstić information content (AvgIpc) is 3.16. The smallest absolute Gasteiger partial charge is 0.326 e. The van der Waals surface area contributed by atoms with Gasteiger partial charge in [0.15, 0.2) is 0 Å². The van der Waals surface area contributed by atoms with Gasteiger partial charge in [-0.2, -0.15) is 11.8 Å². The highest BCUT2D eigenvalue weighted by Gasteiger charge is 2.34. The van der Waals surface area contributed by atoms with Crippen LogP contribution in [0.2, 0.25) is 0 Å². The summed E-state index contributed by atoms with van der Waals surface area (Å²) in [5.41, 5.74) is 12.4. The van der Waals surface area contributed by atoms with Crippen molar-refractivity contribution in [3.8, 4) is 0 Å². The van der Waals surface area contributed by atoms with Crippen LogP contribution in [0, 0.1) is 17.8 Å². The van der Waals surface area contributed by atoms with Gasteiger partial charge >= 0.3 is 5.97 Å². The first-order valence-electron chi connectivity index (χ1n) is 19.9. The van der Waals surface area contributed by atoms with Crippen molar-refractivity contribution in [3.63, 3.8) is 0 Å². The zero-order valence-corrected chi connectivity index (χ0v) is 35.5. The van der Waals surface area contributed by atoms with Crippen molar-refractivity contribution in [2.45, 2.75) is 129 Å². The molecule has 0 radical (unpaired) electrons. The van der Waals surface area contributed by atoms with Gasteiger partial charge in [-0.15, -0.1) is 0 Å². The molecule has 17 heteroatoms. The highest BCUT2D eigenvalue weighted by molar-refractivity contribution is 7.98. The molecule has 0 heterocycles. The second kappa shape index (κ2) is 27.4. The van der Waals surface area contributed by atoms with Crippen LogP contribution in [-0.4, -0.2) is 108 Å². The van der Waals surface area contributed by atoms with Crippen LogP contribution in [0.3, 0.4) is 0 Å². The van der Waals surface area contributed by atoms with Gasteiger partial charge in [-0.3, -0.25) is 28.8 Å². The van der Waals surface area contributed by atoms with E-state index in [0.717, 1.165) is 5.56 Å². The molecule has 0 bridgehead atoms. The number of hydrogen-bond donors (Lipinski definition) is 9. The number of carboxylic acid groups (broad SMARTS) is 1. The van der Waals surface area contributed by atoms with Gasteiger partial charge in [0.1, 0.15) is 30.2 Å². The summed E-state index contributed by atoms with van der Waals surface area (Å²) in [4.78, 5) is 92.6. The van der Waals surface area contributed by atoms with Crippen LogP contribution in [0.15, 0.2) is 30.3 Å². The minimum Gasteiger partial charge on any atom is -0.480 e. The molecule has 322 valence electrons. The number of nitrogens with two attached hydrogens (primary N) is 2. The highest BCUT2D eigenvalue weighted by atomic mass is 32.2. The van der Waals surface area contributed by atoms with Gasteiger partial charge in [0, 0.05) is 6.42 Å². The summed E-state index contributed by atoms with van der Waals surface area (Å²) in [6, 6.07) is 2.59. The van der Waals surface area contributed by atoms with E-state index in [0.29, 0.717) is 38.0 Å². The fourth-order valence-electron chi connectivity index (χ4n) is 5.90. The summed E-state index contributed by atoms with van der Waals surface area (Å²) in [6.45, 7) is 10.9. The lowest BCUT2D eigenvalue weighted by molar-refractivity contribution is -0.144. The van der Waals surface area contributed by atoms with Gasteiger partial charge in [-0.05, 0) is 80.4 Å². The molecule has 16 nitrogen and oxygen atoms in total. The number of carbonyl (C=O) groups is 7. The van der Waals surface area contributed by atoms with Crippen LogP contribution < -0.4 is 43.4 Å². The maximum absolute atomic E-state index is 14.0. The first-order valence-corrected chi connectivity index (χ1v) is 21.3. The Morgan fingerprint density at radius 2 is 1.23 bits per heavy atom. The van der Waals surface area contributed by atoms with E-state index in [-0.39, 0.29) is 43.4 Å². The third kappa shape index (κ3) is 20.2. The molecule has 0 unspecified atom stereocenters. The number of amides is 6. The van der Waals surface area contributed by atoms with E-state index in [1.54, 1.807) is 43.0 Å². The van der Waals surface area contributed by atoms with E-state index in [1.807, 2.05) is 46.9 Å². The molecular weight excluding hydrogens is 753 g/mol. The summed E-state index contributed by atoms with van der Waals surface area (Å²) in [6.07, 6.45) is 4.52. The van der Waals surface area contributed by atoms with Crippen LogP contribution in [0.1, 0.15) is 92.1 Å². The van der Waals surface area contributed by atoms with Crippen molar-refractivity contribution in [2.24, 2.45) is 29.2 Å². The van der Waals surface area contributed by atoms with Crippen molar-refractivity contribution in [1.82, 2.24) is 31.9 Å². The molecule has 0 spiro atoms. The molecule has 1 aromatic rings. The van der Waals surface area contributed by atoms with Gasteiger partial charge in [0.05, 0.1) is 12.6 Å². The standard InChI is InChI=1S/C40H68N8O8S/c1-8-26(6)34(40(55)56)48-39(54)31(21-25(4)5)46-36(51)29(16-12-13-18-41)45-37(52)30(20-24(2)3)47-38(53)32(22-27-14-10-9-11-15-27)44-33(49)23-43-35(50)28(42)17-19-57-7/h9-11,14-15,24-26,28-32,34H,8,12-13,16-23,41-42H2,1-7H3,(H,43,50)(H,44,49)(H,45,52)(H,46,51)(H,47,53)(H,48,54)(H,55,56)/t26-,28-,29-,30-,31-,32-,34-/m0/s1. The van der Waals surface area contributed by atoms with Crippen molar-refractivity contribution in [2.75, 3.05) is 25.1 Å². The Kier molecular flexibility index (Phi) is 24.4. The number of carboxylic acids is 1.